The molecule has 8 heteroatoms. The summed E-state index contributed by atoms with van der Waals surface area (Å²) in [5, 5.41) is 5.11. The number of hydrazine groups is 1. The van der Waals surface area contributed by atoms with Gasteiger partial charge in [0.2, 0.25) is 0 Å². The first kappa shape index (κ1) is 14.5. The number of pyridine rings is 1. The minimum atomic E-state index is -0.534. The van der Waals surface area contributed by atoms with Crippen molar-refractivity contribution in [1.29, 1.82) is 0 Å². The van der Waals surface area contributed by atoms with Gasteiger partial charge in [0.05, 0.1) is 7.11 Å². The van der Waals surface area contributed by atoms with Crippen LogP contribution in [0.25, 0.3) is 10.6 Å². The summed E-state index contributed by atoms with van der Waals surface area (Å²) < 4.78 is 4.69. The molecule has 2 aromatic rings. The molecule has 1 fully saturated rings. The molecular weight excluding hydrogens is 304 g/mol. The van der Waals surface area contributed by atoms with Crippen molar-refractivity contribution in [2.75, 3.05) is 20.2 Å². The number of thiazole rings is 1. The van der Waals surface area contributed by atoms with E-state index in [0.717, 1.165) is 17.0 Å². The quantitative estimate of drug-likeness (QED) is 0.847. The molecule has 0 aromatic carbocycles. The molecule has 22 heavy (non-hydrogen) atoms. The highest BCUT2D eigenvalue weighted by molar-refractivity contribution is 7.13. The van der Waals surface area contributed by atoms with E-state index in [1.54, 1.807) is 17.8 Å². The van der Waals surface area contributed by atoms with Crippen molar-refractivity contribution in [3.05, 3.63) is 35.6 Å². The van der Waals surface area contributed by atoms with Crippen LogP contribution in [0.15, 0.2) is 29.9 Å². The number of carbonyl (C=O) groups excluding carboxylic acids is 2. The van der Waals surface area contributed by atoms with Crippen molar-refractivity contribution in [2.45, 2.75) is 6.42 Å². The topological polar surface area (TPSA) is 75.6 Å². The summed E-state index contributed by atoms with van der Waals surface area (Å²) in [6.07, 6.45) is 3.57. The molecule has 1 saturated heterocycles. The Hall–Kier alpha value is -2.48. The number of aromatic nitrogens is 2. The number of hydrogen-bond acceptors (Lipinski definition) is 6. The van der Waals surface area contributed by atoms with Gasteiger partial charge >= 0.3 is 6.09 Å². The van der Waals surface area contributed by atoms with Crippen molar-refractivity contribution in [2.24, 2.45) is 0 Å². The van der Waals surface area contributed by atoms with Crippen molar-refractivity contribution < 1.29 is 14.3 Å². The zero-order chi connectivity index (χ0) is 15.5. The second kappa shape index (κ2) is 6.10. The van der Waals surface area contributed by atoms with Gasteiger partial charge in [-0.3, -0.25) is 9.78 Å². The minimum absolute atomic E-state index is 0.297. The summed E-state index contributed by atoms with van der Waals surface area (Å²) in [7, 11) is 1.30. The van der Waals surface area contributed by atoms with E-state index in [2.05, 4.69) is 9.97 Å². The Morgan fingerprint density at radius 2 is 2.14 bits per heavy atom. The summed E-state index contributed by atoms with van der Waals surface area (Å²) in [5.41, 5.74) is 1.18. The second-order valence-corrected chi connectivity index (χ2v) is 5.51. The van der Waals surface area contributed by atoms with Crippen LogP contribution in [0, 0.1) is 0 Å². The van der Waals surface area contributed by atoms with E-state index < -0.39 is 6.09 Å². The smallest absolute Gasteiger partial charge is 0.428 e. The molecule has 0 saturated carbocycles. The Morgan fingerprint density at radius 3 is 2.86 bits per heavy atom. The predicted molar refractivity (Wildman–Crippen MR) is 80.1 cm³/mol. The predicted octanol–water partition coefficient (Wildman–Crippen LogP) is 2.03. The number of nitrogens with zero attached hydrogens (tertiary/aromatic N) is 4. The first-order valence-corrected chi connectivity index (χ1v) is 7.62. The molecule has 1 aliphatic rings. The molecule has 3 heterocycles. The molecule has 0 unspecified atom stereocenters. The van der Waals surface area contributed by atoms with Gasteiger partial charge in [0, 0.05) is 36.4 Å². The molecule has 0 atom stereocenters. The molecule has 0 bridgehead atoms. The van der Waals surface area contributed by atoms with Crippen molar-refractivity contribution >= 4 is 23.3 Å². The van der Waals surface area contributed by atoms with E-state index in [-0.39, 0.29) is 5.91 Å². The van der Waals surface area contributed by atoms with E-state index in [1.807, 2.05) is 12.1 Å². The lowest BCUT2D eigenvalue weighted by atomic mass is 10.3. The van der Waals surface area contributed by atoms with Crippen LogP contribution >= 0.6 is 11.3 Å². The maximum absolute atomic E-state index is 12.5. The maximum atomic E-state index is 12.5. The second-order valence-electron chi connectivity index (χ2n) is 4.65. The lowest BCUT2D eigenvalue weighted by Gasteiger charge is -2.25. The van der Waals surface area contributed by atoms with Crippen molar-refractivity contribution in [3.63, 3.8) is 0 Å². The summed E-state index contributed by atoms with van der Waals surface area (Å²) in [6, 6.07) is 3.70. The Labute approximate surface area is 131 Å². The van der Waals surface area contributed by atoms with E-state index >= 15 is 0 Å². The van der Waals surface area contributed by atoms with Crippen LogP contribution in [0.2, 0.25) is 0 Å². The fourth-order valence-electron chi connectivity index (χ4n) is 2.24. The third-order valence-corrected chi connectivity index (χ3v) is 4.17. The van der Waals surface area contributed by atoms with Gasteiger partial charge in [0.15, 0.2) is 0 Å². The van der Waals surface area contributed by atoms with Gasteiger partial charge in [-0.2, -0.15) is 0 Å². The summed E-state index contributed by atoms with van der Waals surface area (Å²) in [6.45, 7) is 0.950. The summed E-state index contributed by atoms with van der Waals surface area (Å²) >= 11 is 1.37. The molecule has 0 radical (unpaired) electrons. The number of carbonyl (C=O) groups is 2. The molecule has 7 nitrogen and oxygen atoms in total. The number of rotatable bonds is 2. The molecule has 1 aliphatic heterocycles. The number of amides is 2. The van der Waals surface area contributed by atoms with Gasteiger partial charge in [-0.1, -0.05) is 0 Å². The van der Waals surface area contributed by atoms with Crippen LogP contribution in [0.1, 0.15) is 16.9 Å². The highest BCUT2D eigenvalue weighted by Gasteiger charge is 2.33. The number of ether oxygens (including phenoxy) is 1. The number of methoxy groups -OCH3 is 1. The standard InChI is InChI=1S/C14H14N4O3S/c1-21-14(20)18-7-3-6-17(18)13(19)11-9-22-12(16-11)10-4-2-5-15-8-10/h2,4-5,8-9H,3,6-7H2,1H3. The third kappa shape index (κ3) is 2.64. The summed E-state index contributed by atoms with van der Waals surface area (Å²) in [4.78, 5) is 32.6. The Bertz CT molecular complexity index is 688. The van der Waals surface area contributed by atoms with E-state index in [0.29, 0.717) is 18.8 Å². The Balaban J connectivity index is 1.81. The molecule has 114 valence electrons. The van der Waals surface area contributed by atoms with Gasteiger partial charge in [-0.15, -0.1) is 11.3 Å². The van der Waals surface area contributed by atoms with Crippen LogP contribution < -0.4 is 0 Å². The molecule has 0 aliphatic carbocycles. The first-order chi connectivity index (χ1) is 10.7. The minimum Gasteiger partial charge on any atom is -0.452 e. The molecular formula is C14H14N4O3S. The average Bonchev–Trinajstić information content (AvgIpc) is 3.23. The first-order valence-electron chi connectivity index (χ1n) is 6.74. The van der Waals surface area contributed by atoms with E-state index in [1.165, 1.54) is 28.5 Å². The normalized spacial score (nSPS) is 14.2. The largest absolute Gasteiger partial charge is 0.452 e. The molecule has 3 rings (SSSR count). The molecule has 2 aromatic heterocycles. The van der Waals surface area contributed by atoms with Crippen LogP contribution in [0.5, 0.6) is 0 Å². The molecule has 0 spiro atoms. The fourth-order valence-corrected chi connectivity index (χ4v) is 3.03. The van der Waals surface area contributed by atoms with Crippen LogP contribution in [-0.2, 0) is 4.74 Å². The fraction of sp³-hybridized carbons (Fsp3) is 0.286. The van der Waals surface area contributed by atoms with Gasteiger partial charge in [-0.25, -0.2) is 19.8 Å². The van der Waals surface area contributed by atoms with Gasteiger partial charge in [0.1, 0.15) is 10.7 Å². The van der Waals surface area contributed by atoms with Crippen LogP contribution in [0.3, 0.4) is 0 Å². The van der Waals surface area contributed by atoms with E-state index in [9.17, 15) is 9.59 Å². The number of hydrogen-bond donors (Lipinski definition) is 0. The SMILES string of the molecule is COC(=O)N1CCCN1C(=O)c1csc(-c2cccnc2)n1. The Kier molecular flexibility index (Phi) is 4.01. The van der Waals surface area contributed by atoms with Crippen LogP contribution in [0.4, 0.5) is 4.79 Å². The molecule has 2 amide bonds. The monoisotopic (exact) mass is 318 g/mol. The van der Waals surface area contributed by atoms with Gasteiger partial charge < -0.3 is 4.74 Å². The Morgan fingerprint density at radius 1 is 1.32 bits per heavy atom. The zero-order valence-corrected chi connectivity index (χ0v) is 12.7. The highest BCUT2D eigenvalue weighted by Crippen LogP contribution is 2.24. The van der Waals surface area contributed by atoms with Gasteiger partial charge in [-0.05, 0) is 18.6 Å². The highest BCUT2D eigenvalue weighted by atomic mass is 32.1. The lowest BCUT2D eigenvalue weighted by molar-refractivity contribution is 0.0189. The van der Waals surface area contributed by atoms with Crippen molar-refractivity contribution in [1.82, 2.24) is 20.0 Å². The average molecular weight is 318 g/mol. The maximum Gasteiger partial charge on any atom is 0.428 e. The zero-order valence-electron chi connectivity index (χ0n) is 11.9. The third-order valence-electron chi connectivity index (χ3n) is 3.28. The van der Waals surface area contributed by atoms with Gasteiger partial charge in [0.25, 0.3) is 5.91 Å². The molecule has 0 N–H and O–H groups in total. The summed E-state index contributed by atoms with van der Waals surface area (Å²) in [5.74, 6) is -0.297. The lowest BCUT2D eigenvalue weighted by Crippen LogP contribution is -2.44. The van der Waals surface area contributed by atoms with Crippen LogP contribution in [-0.4, -0.2) is 52.2 Å². The van der Waals surface area contributed by atoms with E-state index in [4.69, 9.17) is 4.74 Å². The van der Waals surface area contributed by atoms with Crippen molar-refractivity contribution in [3.8, 4) is 10.6 Å².